The number of sulfone groups is 1. The zero-order valence-corrected chi connectivity index (χ0v) is 9.39. The molecule has 0 aromatic heterocycles. The molecule has 0 unspecified atom stereocenters. The summed E-state index contributed by atoms with van der Waals surface area (Å²) in [6.45, 7) is 1.92. The van der Waals surface area contributed by atoms with Gasteiger partial charge < -0.3 is 0 Å². The van der Waals surface area contributed by atoms with Crippen LogP contribution in [0.5, 0.6) is 0 Å². The van der Waals surface area contributed by atoms with Crippen LogP contribution in [0.25, 0.3) is 0 Å². The summed E-state index contributed by atoms with van der Waals surface area (Å²) in [6.07, 6.45) is 1.21. The van der Waals surface area contributed by atoms with E-state index in [1.165, 1.54) is 6.26 Å². The van der Waals surface area contributed by atoms with Crippen molar-refractivity contribution in [2.75, 3.05) is 6.26 Å². The van der Waals surface area contributed by atoms with E-state index in [0.29, 0.717) is 4.90 Å². The van der Waals surface area contributed by atoms with E-state index < -0.39 is 21.4 Å². The minimum absolute atomic E-state index is 0.378. The van der Waals surface area contributed by atoms with Crippen LogP contribution in [0.3, 0.4) is 0 Å². The highest BCUT2D eigenvalue weighted by Gasteiger charge is 2.04. The van der Waals surface area contributed by atoms with Crippen LogP contribution >= 0.6 is 0 Å². The highest BCUT2D eigenvalue weighted by atomic mass is 32.2. The average Bonchev–Trinajstić information content (AvgIpc) is 2.04. The molecule has 0 N–H and O–H groups in total. The molecule has 1 aromatic rings. The van der Waals surface area contributed by atoms with E-state index in [1.807, 2.05) is 6.92 Å². The van der Waals surface area contributed by atoms with Gasteiger partial charge >= 0.3 is 11.6 Å². The van der Waals surface area contributed by atoms with Gasteiger partial charge in [-0.2, -0.15) is 8.42 Å². The molecule has 0 radical (unpaired) electrons. The highest BCUT2D eigenvalue weighted by molar-refractivity contribution is 7.90. The van der Waals surface area contributed by atoms with Crippen molar-refractivity contribution < 1.29 is 16.8 Å². The molecule has 4 nitrogen and oxygen atoms in total. The highest BCUT2D eigenvalue weighted by Crippen LogP contribution is 2.08. The van der Waals surface area contributed by atoms with Crippen LogP contribution in [0.4, 0.5) is 0 Å². The fourth-order valence-electron chi connectivity index (χ4n) is 0.785. The standard InChI is InChI=1S/C8H10O2S.O2S/c1-7-3-5-8(6-4-7)11(2,9)10;1-3-2/h3-6H,1-2H3;. The summed E-state index contributed by atoms with van der Waals surface area (Å²) in [6, 6.07) is 6.81. The molecule has 0 saturated heterocycles. The van der Waals surface area contributed by atoms with Gasteiger partial charge in [0.1, 0.15) is 0 Å². The predicted molar refractivity (Wildman–Crippen MR) is 53.2 cm³/mol. The van der Waals surface area contributed by atoms with Gasteiger partial charge in [-0.1, -0.05) is 17.7 Å². The largest absolute Gasteiger partial charge is 0.335 e. The van der Waals surface area contributed by atoms with Crippen molar-refractivity contribution in [1.82, 2.24) is 0 Å². The van der Waals surface area contributed by atoms with E-state index >= 15 is 0 Å². The molecule has 78 valence electrons. The van der Waals surface area contributed by atoms with E-state index in [0.717, 1.165) is 5.56 Å². The molecular weight excluding hydrogens is 224 g/mol. The zero-order chi connectivity index (χ0) is 11.2. The van der Waals surface area contributed by atoms with E-state index in [1.54, 1.807) is 24.3 Å². The molecule has 14 heavy (non-hydrogen) atoms. The SMILES string of the molecule is Cc1ccc(S(C)(=O)=O)cc1.O=S=O. The fraction of sp³-hybridized carbons (Fsp3) is 0.250. The molecule has 0 bridgehead atoms. The van der Waals surface area contributed by atoms with Gasteiger partial charge in [0.15, 0.2) is 9.84 Å². The van der Waals surface area contributed by atoms with Crippen LogP contribution in [-0.2, 0) is 21.4 Å². The van der Waals surface area contributed by atoms with E-state index in [9.17, 15) is 8.42 Å². The minimum Gasteiger partial charge on any atom is -0.224 e. The van der Waals surface area contributed by atoms with Crippen molar-refractivity contribution in [2.45, 2.75) is 11.8 Å². The predicted octanol–water partition coefficient (Wildman–Crippen LogP) is 0.728. The Hall–Kier alpha value is -1.01. The van der Waals surface area contributed by atoms with E-state index in [4.69, 9.17) is 8.42 Å². The monoisotopic (exact) mass is 234 g/mol. The lowest BCUT2D eigenvalue weighted by atomic mass is 10.2. The summed E-state index contributed by atoms with van der Waals surface area (Å²) >= 11 is -0.750. The van der Waals surface area contributed by atoms with Gasteiger partial charge in [-0.15, -0.1) is 0 Å². The molecule has 0 saturated carbocycles. The third-order valence-corrected chi connectivity index (χ3v) is 2.58. The zero-order valence-electron chi connectivity index (χ0n) is 7.76. The summed E-state index contributed by atoms with van der Waals surface area (Å²) < 4.78 is 38.5. The molecule has 6 heteroatoms. The van der Waals surface area contributed by atoms with Crippen LogP contribution in [0.1, 0.15) is 5.56 Å². The third-order valence-electron chi connectivity index (χ3n) is 1.45. The molecule has 1 rings (SSSR count). The Balaban J connectivity index is 0.000000500. The van der Waals surface area contributed by atoms with Crippen molar-refractivity contribution in [3.05, 3.63) is 29.8 Å². The van der Waals surface area contributed by atoms with Crippen LogP contribution in [0, 0.1) is 6.92 Å². The Morgan fingerprint density at radius 2 is 1.43 bits per heavy atom. The van der Waals surface area contributed by atoms with Crippen LogP contribution in [-0.4, -0.2) is 23.1 Å². The normalized spacial score (nSPS) is 9.86. The lowest BCUT2D eigenvalue weighted by molar-refractivity contribution is 0.602. The lowest BCUT2D eigenvalue weighted by Gasteiger charge is -1.96. The molecule has 0 aliphatic carbocycles. The number of rotatable bonds is 1. The Labute approximate surface area is 86.5 Å². The molecule has 1 aromatic carbocycles. The van der Waals surface area contributed by atoms with Crippen molar-refractivity contribution in [3.8, 4) is 0 Å². The Morgan fingerprint density at radius 3 is 1.71 bits per heavy atom. The van der Waals surface area contributed by atoms with Crippen molar-refractivity contribution in [2.24, 2.45) is 0 Å². The number of aryl methyl sites for hydroxylation is 1. The second-order valence-electron chi connectivity index (χ2n) is 2.65. The Morgan fingerprint density at radius 1 is 1.07 bits per heavy atom. The van der Waals surface area contributed by atoms with Gasteiger partial charge in [-0.3, -0.25) is 0 Å². The Bertz CT molecular complexity index is 413. The number of benzene rings is 1. The van der Waals surface area contributed by atoms with Gasteiger partial charge in [0.25, 0.3) is 0 Å². The molecule has 0 aliphatic heterocycles. The van der Waals surface area contributed by atoms with Gasteiger partial charge in [-0.05, 0) is 19.1 Å². The molecular formula is C8H10O4S2. The molecule has 0 atom stereocenters. The van der Waals surface area contributed by atoms with Crippen LogP contribution in [0.2, 0.25) is 0 Å². The van der Waals surface area contributed by atoms with E-state index in [-0.39, 0.29) is 0 Å². The van der Waals surface area contributed by atoms with Crippen LogP contribution < -0.4 is 0 Å². The van der Waals surface area contributed by atoms with Crippen LogP contribution in [0.15, 0.2) is 29.2 Å². The topological polar surface area (TPSA) is 68.3 Å². The first kappa shape index (κ1) is 13.0. The maximum Gasteiger partial charge on any atom is 0.335 e. The first-order valence-electron chi connectivity index (χ1n) is 3.60. The first-order valence-corrected chi connectivity index (χ1v) is 6.16. The smallest absolute Gasteiger partial charge is 0.224 e. The number of hydrogen-bond acceptors (Lipinski definition) is 4. The van der Waals surface area contributed by atoms with Gasteiger partial charge in [0.05, 0.1) is 4.90 Å². The maximum absolute atomic E-state index is 10.9. The van der Waals surface area contributed by atoms with Gasteiger partial charge in [0, 0.05) is 6.26 Å². The second kappa shape index (κ2) is 5.66. The number of hydrogen-bond donors (Lipinski definition) is 0. The molecule has 0 aliphatic rings. The molecule has 0 heterocycles. The summed E-state index contributed by atoms with van der Waals surface area (Å²) in [5.74, 6) is 0. The quantitative estimate of drug-likeness (QED) is 0.718. The van der Waals surface area contributed by atoms with Crippen molar-refractivity contribution in [3.63, 3.8) is 0 Å². The lowest BCUT2D eigenvalue weighted by Crippen LogP contribution is -1.95. The fourth-order valence-corrected chi connectivity index (χ4v) is 1.42. The Kier molecular flexibility index (Phi) is 5.26. The summed E-state index contributed by atoms with van der Waals surface area (Å²) in [5.41, 5.74) is 1.07. The molecule has 0 amide bonds. The maximum atomic E-state index is 10.9. The van der Waals surface area contributed by atoms with Gasteiger partial charge in [-0.25, -0.2) is 8.42 Å². The van der Waals surface area contributed by atoms with E-state index in [2.05, 4.69) is 0 Å². The summed E-state index contributed by atoms with van der Waals surface area (Å²) in [7, 11) is -3.02. The molecule has 0 spiro atoms. The second-order valence-corrected chi connectivity index (χ2v) is 4.81. The summed E-state index contributed by atoms with van der Waals surface area (Å²) in [4.78, 5) is 0.378. The average molecular weight is 234 g/mol. The minimum atomic E-state index is -3.02. The van der Waals surface area contributed by atoms with Crippen molar-refractivity contribution in [1.29, 1.82) is 0 Å². The molecule has 0 fully saturated rings. The first-order chi connectivity index (χ1) is 6.41. The summed E-state index contributed by atoms with van der Waals surface area (Å²) in [5, 5.41) is 0. The van der Waals surface area contributed by atoms with Crippen molar-refractivity contribution >= 4 is 21.4 Å². The van der Waals surface area contributed by atoms with Gasteiger partial charge in [0.2, 0.25) is 0 Å². The third kappa shape index (κ3) is 4.88.